The average molecular weight is 891 g/mol. The molecule has 4 fully saturated rings. The number of pyridine rings is 1. The van der Waals surface area contributed by atoms with Gasteiger partial charge in [-0.3, -0.25) is 14.8 Å². The predicted molar refractivity (Wildman–Crippen MR) is 255 cm³/mol. The van der Waals surface area contributed by atoms with E-state index in [1.807, 2.05) is 56.0 Å². The molecule has 0 spiro atoms. The van der Waals surface area contributed by atoms with Crippen LogP contribution in [0.5, 0.6) is 11.8 Å². The molecular formula is C51H67FN6O5Si. The number of carbonyl (C=O) groups excluding carboxylic acids is 1. The Morgan fingerprint density at radius 3 is 2.41 bits per heavy atom. The van der Waals surface area contributed by atoms with E-state index in [1.54, 1.807) is 13.3 Å². The second-order valence-corrected chi connectivity index (χ2v) is 26.1. The summed E-state index contributed by atoms with van der Waals surface area (Å²) in [4.78, 5) is 34.9. The van der Waals surface area contributed by atoms with Crippen LogP contribution in [0.25, 0.3) is 32.9 Å². The van der Waals surface area contributed by atoms with E-state index in [2.05, 4.69) is 69.4 Å². The molecule has 0 aliphatic carbocycles. The summed E-state index contributed by atoms with van der Waals surface area (Å²) in [5, 5.41) is 2.12. The molecule has 64 heavy (non-hydrogen) atoms. The molecule has 6 heterocycles. The average Bonchev–Trinajstić information content (AvgIpc) is 3.78. The van der Waals surface area contributed by atoms with Crippen LogP contribution in [0.1, 0.15) is 106 Å². The molecule has 4 aliphatic heterocycles. The zero-order valence-electron chi connectivity index (χ0n) is 39.6. The molecule has 11 nitrogen and oxygen atoms in total. The first-order valence-corrected chi connectivity index (χ1v) is 25.6. The fourth-order valence-electron chi connectivity index (χ4n) is 11.5. The van der Waals surface area contributed by atoms with Crippen molar-refractivity contribution < 1.29 is 28.1 Å². The lowest BCUT2D eigenvalue weighted by Crippen LogP contribution is -2.57. The van der Waals surface area contributed by atoms with Gasteiger partial charge in [-0.05, 0) is 106 Å². The molecular weight excluding hydrogens is 824 g/mol. The minimum atomic E-state index is -2.12. The monoisotopic (exact) mass is 890 g/mol. The Morgan fingerprint density at radius 2 is 1.73 bits per heavy atom. The van der Waals surface area contributed by atoms with Gasteiger partial charge >= 0.3 is 12.1 Å². The summed E-state index contributed by atoms with van der Waals surface area (Å²) < 4.78 is 41.8. The molecule has 13 heteroatoms. The highest BCUT2D eigenvalue weighted by Crippen LogP contribution is 2.44. The Bertz CT molecular complexity index is 2460. The predicted octanol–water partition coefficient (Wildman–Crippen LogP) is 10.7. The molecule has 0 saturated carbocycles. The van der Waals surface area contributed by atoms with Gasteiger partial charge < -0.3 is 23.8 Å². The Balaban J connectivity index is 1.27. The second-order valence-electron chi connectivity index (χ2n) is 20.5. The molecule has 2 aromatic carbocycles. The van der Waals surface area contributed by atoms with Crippen molar-refractivity contribution in [3.8, 4) is 34.5 Å². The lowest BCUT2D eigenvalue weighted by molar-refractivity contribution is 0.0122. The molecule has 2 aromatic heterocycles. The van der Waals surface area contributed by atoms with Crippen molar-refractivity contribution in [1.82, 2.24) is 24.8 Å². The van der Waals surface area contributed by atoms with Gasteiger partial charge in [0.15, 0.2) is 12.6 Å². The molecule has 342 valence electrons. The molecule has 0 radical (unpaired) electrons. The highest BCUT2D eigenvalue weighted by molar-refractivity contribution is 6.90. The Hall–Kier alpha value is -4.77. The summed E-state index contributed by atoms with van der Waals surface area (Å²) in [7, 11) is -0.551. The second kappa shape index (κ2) is 17.9. The quantitative estimate of drug-likeness (QED) is 0.0626. The third kappa shape index (κ3) is 8.58. The van der Waals surface area contributed by atoms with Crippen molar-refractivity contribution >= 4 is 41.7 Å². The maximum atomic E-state index is 18.0. The van der Waals surface area contributed by atoms with Gasteiger partial charge in [-0.1, -0.05) is 71.7 Å². The van der Waals surface area contributed by atoms with Crippen molar-refractivity contribution in [2.45, 2.75) is 141 Å². The van der Waals surface area contributed by atoms with E-state index in [0.717, 1.165) is 68.0 Å². The lowest BCUT2D eigenvalue weighted by atomic mass is 9.85. The number of methoxy groups -OCH3 is 1. The van der Waals surface area contributed by atoms with Gasteiger partial charge in [0.1, 0.15) is 43.1 Å². The fraction of sp³-hybridized carbons (Fsp3) is 0.569. The van der Waals surface area contributed by atoms with Crippen molar-refractivity contribution in [1.29, 1.82) is 0 Å². The van der Waals surface area contributed by atoms with E-state index < -0.39 is 19.5 Å². The highest BCUT2D eigenvalue weighted by atomic mass is 28.3. The summed E-state index contributed by atoms with van der Waals surface area (Å²) in [6.45, 7) is 27.2. The number of amides is 1. The maximum absolute atomic E-state index is 18.0. The number of hydrogen-bond acceptors (Lipinski definition) is 10. The number of nitrogens with zero attached hydrogens (tertiary/aromatic N) is 6. The minimum Gasteiger partial charge on any atom is -0.468 e. The summed E-state index contributed by atoms with van der Waals surface area (Å²) in [5.41, 5.74) is 7.24. The van der Waals surface area contributed by atoms with Crippen molar-refractivity contribution in [3.63, 3.8) is 0 Å². The van der Waals surface area contributed by atoms with Gasteiger partial charge in [0.2, 0.25) is 0 Å². The number of piperidine rings is 1. The zero-order valence-corrected chi connectivity index (χ0v) is 40.6. The fourth-order valence-corrected chi connectivity index (χ4v) is 16.7. The topological polar surface area (TPSA) is 102 Å². The highest BCUT2D eigenvalue weighted by Gasteiger charge is 2.47. The lowest BCUT2D eigenvalue weighted by Gasteiger charge is -2.43. The van der Waals surface area contributed by atoms with E-state index in [-0.39, 0.29) is 47.7 Å². The first-order valence-electron chi connectivity index (χ1n) is 23.3. The molecule has 4 aromatic rings. The number of carbonyl (C=O) groups is 1. The van der Waals surface area contributed by atoms with E-state index in [0.29, 0.717) is 58.8 Å². The summed E-state index contributed by atoms with van der Waals surface area (Å²) in [6, 6.07) is 9.73. The molecule has 2 bridgehead atoms. The van der Waals surface area contributed by atoms with Crippen LogP contribution in [0.4, 0.5) is 15.0 Å². The van der Waals surface area contributed by atoms with E-state index in [9.17, 15) is 4.79 Å². The Labute approximate surface area is 380 Å². The van der Waals surface area contributed by atoms with Gasteiger partial charge in [0, 0.05) is 49.5 Å². The summed E-state index contributed by atoms with van der Waals surface area (Å²) >= 11 is 0. The third-order valence-electron chi connectivity index (χ3n) is 14.4. The molecule has 4 saturated heterocycles. The largest absolute Gasteiger partial charge is 0.468 e. The van der Waals surface area contributed by atoms with Crippen LogP contribution in [-0.4, -0.2) is 109 Å². The molecule has 0 N–H and O–H groups in total. The van der Waals surface area contributed by atoms with Gasteiger partial charge in [-0.15, -0.1) is 5.54 Å². The number of fused-ring (bicyclic) bond motifs is 5. The van der Waals surface area contributed by atoms with Crippen LogP contribution in [0.15, 0.2) is 48.7 Å². The van der Waals surface area contributed by atoms with Crippen LogP contribution in [0, 0.1) is 17.3 Å². The molecule has 3 atom stereocenters. The number of halogens is 1. The Morgan fingerprint density at radius 1 is 1.02 bits per heavy atom. The number of benzene rings is 2. The number of hydrogen-bond donors (Lipinski definition) is 0. The SMILES string of the molecule is C=C1CCN2CCCC2(COc2nc(N3C[C@H]4CC[C@@H](C3)N4C(=O)OC(C)(C)C)c3cnc(-c4cc(OCOC)cc5cccc(C#C[Si](C(C)C)(C(C)C)C(C)C)c45)c(F)c3n2)C1. The smallest absolute Gasteiger partial charge is 0.410 e. The number of aromatic nitrogens is 3. The van der Waals surface area contributed by atoms with Gasteiger partial charge in [-0.2, -0.15) is 9.97 Å². The van der Waals surface area contributed by atoms with Crippen LogP contribution in [0.3, 0.4) is 0 Å². The summed E-state index contributed by atoms with van der Waals surface area (Å²) in [6.07, 6.45) is 6.95. The van der Waals surface area contributed by atoms with Crippen LogP contribution in [-0.2, 0) is 9.47 Å². The van der Waals surface area contributed by atoms with Gasteiger partial charge in [-0.25, -0.2) is 9.18 Å². The van der Waals surface area contributed by atoms with E-state index in [1.165, 1.54) is 5.57 Å². The first-order chi connectivity index (χ1) is 30.4. The number of piperazine rings is 1. The number of anilines is 1. The molecule has 1 amide bonds. The van der Waals surface area contributed by atoms with Crippen molar-refractivity contribution in [3.05, 3.63) is 60.1 Å². The summed E-state index contributed by atoms with van der Waals surface area (Å²) in [5.74, 6) is 4.14. The Kier molecular flexibility index (Phi) is 12.8. The van der Waals surface area contributed by atoms with Crippen molar-refractivity contribution in [2.24, 2.45) is 0 Å². The van der Waals surface area contributed by atoms with E-state index in [4.69, 9.17) is 33.9 Å². The van der Waals surface area contributed by atoms with Gasteiger partial charge in [0.05, 0.1) is 23.0 Å². The van der Waals surface area contributed by atoms with Crippen LogP contribution in [0.2, 0.25) is 16.6 Å². The number of rotatable bonds is 11. The standard InChI is InChI=1S/C51H67FN6O5Si/c1-32(2)64(33(3)4,34(5)6)23-19-36-14-12-15-37-24-40(62-31-60-11)25-41(43(36)37)45-44(52)46-42(27-53-45)47(56-28-38-16-17-39(29-56)58(38)49(59)63-50(8,9)10)55-48(54-46)61-30-51-20-13-21-57(51)22-18-35(7)26-51/h12,14-15,24-25,27,32-34,38-39H,7,13,16-18,20-22,26,28-31H2,1-6,8-11H3/t38-,39+,51?. The third-order valence-corrected chi connectivity index (χ3v) is 20.7. The minimum absolute atomic E-state index is 0.0239. The van der Waals surface area contributed by atoms with Gasteiger partial charge in [0.25, 0.3) is 0 Å². The molecule has 1 unspecified atom stereocenters. The normalized spacial score (nSPS) is 21.6. The zero-order chi connectivity index (χ0) is 45.7. The van der Waals surface area contributed by atoms with Crippen molar-refractivity contribution in [2.75, 3.05) is 51.6 Å². The first kappa shape index (κ1) is 45.8. The number of ether oxygens (including phenoxy) is 4. The maximum Gasteiger partial charge on any atom is 0.410 e. The van der Waals surface area contributed by atoms with Crippen LogP contribution >= 0.6 is 0 Å². The molecule has 4 aliphatic rings. The molecule has 8 rings (SSSR count). The van der Waals surface area contributed by atoms with Crippen LogP contribution < -0.4 is 14.4 Å². The van der Waals surface area contributed by atoms with E-state index >= 15 is 4.39 Å².